The van der Waals surface area contributed by atoms with Crippen LogP contribution in [0.5, 0.6) is 0 Å². The van der Waals surface area contributed by atoms with Gasteiger partial charge in [0.05, 0.1) is 4.20 Å². The number of thiocarbonyl (C=S) groups is 1. The van der Waals surface area contributed by atoms with E-state index in [4.69, 9.17) is 12.2 Å². The number of unbranched alkanes of at least 4 members (excludes halogenated alkanes) is 14. The van der Waals surface area contributed by atoms with Crippen molar-refractivity contribution in [2.75, 3.05) is 0 Å². The van der Waals surface area contributed by atoms with Crippen LogP contribution in [0.2, 0.25) is 0 Å². The summed E-state index contributed by atoms with van der Waals surface area (Å²) in [7, 11) is 0. The molecule has 0 aliphatic carbocycles. The van der Waals surface area contributed by atoms with E-state index in [9.17, 15) is 0 Å². The first-order chi connectivity index (χ1) is 12.2. The molecule has 1 aliphatic heterocycles. The lowest BCUT2D eigenvalue weighted by Crippen LogP contribution is -2.28. The zero-order valence-electron chi connectivity index (χ0n) is 16.2. The largest absolute Gasteiger partial charge is 0.256 e. The van der Waals surface area contributed by atoms with Crippen molar-refractivity contribution in [3.8, 4) is 0 Å². The third kappa shape index (κ3) is 10.5. The summed E-state index contributed by atoms with van der Waals surface area (Å²) in [5.74, 6) is 0. The van der Waals surface area contributed by atoms with Crippen molar-refractivity contribution >= 4 is 41.5 Å². The van der Waals surface area contributed by atoms with Crippen molar-refractivity contribution < 1.29 is 0 Å². The molecule has 0 saturated heterocycles. The van der Waals surface area contributed by atoms with Crippen LogP contribution in [0, 0.1) is 0 Å². The minimum Gasteiger partial charge on any atom is -0.256 e. The number of aliphatic imine (C=N–C) groups is 2. The van der Waals surface area contributed by atoms with Crippen LogP contribution in [0.3, 0.4) is 0 Å². The molecule has 144 valence electrons. The summed E-state index contributed by atoms with van der Waals surface area (Å²) in [5, 5.41) is 0. The second-order valence-corrected chi connectivity index (χ2v) is 8.54. The normalized spacial score (nSPS) is 15.1. The second-order valence-electron chi connectivity index (χ2n) is 7.38. The Balaban J connectivity index is 1.83. The van der Waals surface area contributed by atoms with Gasteiger partial charge in [0.1, 0.15) is 0 Å². The molecule has 0 atom stereocenters. The van der Waals surface area contributed by atoms with E-state index >= 15 is 0 Å². The summed E-state index contributed by atoms with van der Waals surface area (Å²) in [6.07, 6.45) is 25.1. The number of hydrogen-bond acceptors (Lipinski definition) is 3. The van der Waals surface area contributed by atoms with E-state index in [1.54, 1.807) is 12.4 Å². The Morgan fingerprint density at radius 2 is 1.08 bits per heavy atom. The summed E-state index contributed by atoms with van der Waals surface area (Å²) < 4.78 is 0.600. The van der Waals surface area contributed by atoms with Gasteiger partial charge in [-0.2, -0.15) is 0 Å². The molecule has 0 unspecified atom stereocenters. The highest BCUT2D eigenvalue weighted by atomic mass is 32.1. The molecule has 4 heteroatoms. The van der Waals surface area contributed by atoms with E-state index in [1.165, 1.54) is 89.9 Å². The standard InChI is InChI=1S/C21H38N2S2/c1-2-3-4-5-6-7-8-9-10-11-12-13-14-15-16-17-21(20(24)25)22-18-19-23-21/h18-19H,2-17H2,1H3,(H,24,25). The molecule has 0 aromatic heterocycles. The predicted octanol–water partition coefficient (Wildman–Crippen LogP) is 7.36. The van der Waals surface area contributed by atoms with Crippen LogP contribution >= 0.6 is 24.8 Å². The maximum atomic E-state index is 5.21. The number of hydrogen-bond donors (Lipinski definition) is 1. The van der Waals surface area contributed by atoms with E-state index < -0.39 is 5.66 Å². The molecule has 0 N–H and O–H groups in total. The van der Waals surface area contributed by atoms with Crippen LogP contribution in [0.1, 0.15) is 110 Å². The first kappa shape index (κ1) is 22.8. The van der Waals surface area contributed by atoms with Gasteiger partial charge in [-0.1, -0.05) is 109 Å². The Kier molecular flexibility index (Phi) is 13.6. The van der Waals surface area contributed by atoms with E-state index in [2.05, 4.69) is 29.5 Å². The third-order valence-electron chi connectivity index (χ3n) is 5.11. The summed E-state index contributed by atoms with van der Waals surface area (Å²) in [5.41, 5.74) is -0.533. The highest BCUT2D eigenvalue weighted by Gasteiger charge is 2.31. The third-order valence-corrected chi connectivity index (χ3v) is 5.80. The summed E-state index contributed by atoms with van der Waals surface area (Å²) >= 11 is 9.52. The first-order valence-corrected chi connectivity index (χ1v) is 11.4. The van der Waals surface area contributed by atoms with Crippen molar-refractivity contribution in [2.45, 2.75) is 115 Å². The Hall–Kier alpha value is -0.220. The SMILES string of the molecule is CCCCCCCCCCCCCCCCCC1(C(=S)S)N=CC=N1. The summed E-state index contributed by atoms with van der Waals surface area (Å²) in [4.78, 5) is 8.81. The van der Waals surface area contributed by atoms with Crippen molar-refractivity contribution in [1.82, 2.24) is 0 Å². The molecule has 0 aromatic carbocycles. The van der Waals surface area contributed by atoms with Crippen molar-refractivity contribution in [3.05, 3.63) is 0 Å². The molecule has 1 rings (SSSR count). The minimum atomic E-state index is -0.533. The van der Waals surface area contributed by atoms with Crippen LogP contribution in [-0.4, -0.2) is 22.3 Å². The lowest BCUT2D eigenvalue weighted by molar-refractivity contribution is 0.498. The molecule has 0 aromatic rings. The molecular weight excluding hydrogens is 344 g/mol. The second kappa shape index (κ2) is 14.9. The van der Waals surface area contributed by atoms with Crippen LogP contribution in [0.4, 0.5) is 0 Å². The van der Waals surface area contributed by atoms with Crippen LogP contribution < -0.4 is 0 Å². The number of nitrogens with zero attached hydrogens (tertiary/aromatic N) is 2. The van der Waals surface area contributed by atoms with Gasteiger partial charge in [-0.05, 0) is 12.8 Å². The Morgan fingerprint density at radius 3 is 1.44 bits per heavy atom. The quantitative estimate of drug-likeness (QED) is 0.159. The molecular formula is C21H38N2S2. The fourth-order valence-corrected chi connectivity index (χ4v) is 3.87. The molecule has 0 saturated carbocycles. The number of thiol groups is 1. The average molecular weight is 383 g/mol. The fraction of sp³-hybridized carbons (Fsp3) is 0.857. The molecule has 1 aliphatic rings. The first-order valence-electron chi connectivity index (χ1n) is 10.5. The maximum Gasteiger partial charge on any atom is 0.191 e. The van der Waals surface area contributed by atoms with Gasteiger partial charge in [-0.3, -0.25) is 9.98 Å². The van der Waals surface area contributed by atoms with E-state index in [-0.39, 0.29) is 0 Å². The topological polar surface area (TPSA) is 24.7 Å². The van der Waals surface area contributed by atoms with Crippen LogP contribution in [0.15, 0.2) is 9.98 Å². The van der Waals surface area contributed by atoms with E-state index in [0.29, 0.717) is 4.20 Å². The van der Waals surface area contributed by atoms with Gasteiger partial charge >= 0.3 is 0 Å². The van der Waals surface area contributed by atoms with Crippen LogP contribution in [0.25, 0.3) is 0 Å². The van der Waals surface area contributed by atoms with Gasteiger partial charge in [0.15, 0.2) is 5.66 Å². The average Bonchev–Trinajstić information content (AvgIpc) is 3.08. The Bertz CT molecular complexity index is 393. The zero-order chi connectivity index (χ0) is 18.2. The molecule has 2 nitrogen and oxygen atoms in total. The minimum absolute atomic E-state index is 0.533. The molecule has 0 radical (unpaired) electrons. The summed E-state index contributed by atoms with van der Waals surface area (Å²) in [6.45, 7) is 2.28. The van der Waals surface area contributed by atoms with Gasteiger partial charge in [0.2, 0.25) is 0 Å². The zero-order valence-corrected chi connectivity index (χ0v) is 17.9. The van der Waals surface area contributed by atoms with Crippen LogP contribution in [-0.2, 0) is 0 Å². The van der Waals surface area contributed by atoms with E-state index in [1.807, 2.05) is 0 Å². The fourth-order valence-electron chi connectivity index (χ4n) is 3.44. The smallest absolute Gasteiger partial charge is 0.191 e. The molecule has 0 amide bonds. The lowest BCUT2D eigenvalue weighted by atomic mass is 10.0. The Labute approximate surface area is 166 Å². The van der Waals surface area contributed by atoms with Gasteiger partial charge in [0, 0.05) is 12.4 Å². The van der Waals surface area contributed by atoms with Gasteiger partial charge in [-0.25, -0.2) is 0 Å². The van der Waals surface area contributed by atoms with Gasteiger partial charge in [-0.15, -0.1) is 12.6 Å². The predicted molar refractivity (Wildman–Crippen MR) is 121 cm³/mol. The highest BCUT2D eigenvalue weighted by molar-refractivity contribution is 8.11. The van der Waals surface area contributed by atoms with Crippen molar-refractivity contribution in [3.63, 3.8) is 0 Å². The molecule has 1 heterocycles. The van der Waals surface area contributed by atoms with Gasteiger partial charge in [0.25, 0.3) is 0 Å². The highest BCUT2D eigenvalue weighted by Crippen LogP contribution is 2.27. The monoisotopic (exact) mass is 382 g/mol. The molecule has 0 spiro atoms. The Morgan fingerprint density at radius 1 is 0.720 bits per heavy atom. The molecule has 0 fully saturated rings. The van der Waals surface area contributed by atoms with Crippen molar-refractivity contribution in [1.29, 1.82) is 0 Å². The molecule has 25 heavy (non-hydrogen) atoms. The molecule has 0 bridgehead atoms. The van der Waals surface area contributed by atoms with E-state index in [0.717, 1.165) is 12.8 Å². The van der Waals surface area contributed by atoms with Gasteiger partial charge < -0.3 is 0 Å². The number of rotatable bonds is 17. The summed E-state index contributed by atoms with van der Waals surface area (Å²) in [6, 6.07) is 0. The lowest BCUT2D eigenvalue weighted by Gasteiger charge is -2.21. The maximum absolute atomic E-state index is 5.21. The van der Waals surface area contributed by atoms with Crippen molar-refractivity contribution in [2.24, 2.45) is 9.98 Å².